The van der Waals surface area contributed by atoms with Gasteiger partial charge in [0.2, 0.25) is 11.8 Å². The van der Waals surface area contributed by atoms with Crippen LogP contribution in [0.3, 0.4) is 0 Å². The van der Waals surface area contributed by atoms with Gasteiger partial charge in [0.25, 0.3) is 5.91 Å². The van der Waals surface area contributed by atoms with Crippen molar-refractivity contribution in [2.24, 2.45) is 0 Å². The van der Waals surface area contributed by atoms with Gasteiger partial charge in [0.1, 0.15) is 17.7 Å². The highest BCUT2D eigenvalue weighted by molar-refractivity contribution is 6.05. The number of nitrogens with one attached hydrogen (secondary N) is 4. The number of aromatic nitrogens is 3. The van der Waals surface area contributed by atoms with Crippen LogP contribution < -0.4 is 21.3 Å². The maximum atomic E-state index is 13.2. The van der Waals surface area contributed by atoms with Crippen molar-refractivity contribution in [2.45, 2.75) is 96.4 Å². The number of anilines is 2. The van der Waals surface area contributed by atoms with Crippen molar-refractivity contribution in [1.82, 2.24) is 39.9 Å². The predicted molar refractivity (Wildman–Crippen MR) is 223 cm³/mol. The zero-order valence-electron chi connectivity index (χ0n) is 34.1. The minimum atomic E-state index is -0.777. The maximum Gasteiger partial charge on any atom is 0.321 e. The molecule has 5 amide bonds. The second kappa shape index (κ2) is 18.6. The molecule has 0 bridgehead atoms. The number of piperidine rings is 1. The minimum absolute atomic E-state index is 0.103. The number of amides is 5. The van der Waals surface area contributed by atoms with Crippen LogP contribution in [-0.4, -0.2) is 121 Å². The number of hydrogen-bond acceptors (Lipinski definition) is 11. The Hall–Kier alpha value is -5.58. The van der Waals surface area contributed by atoms with E-state index in [0.717, 1.165) is 73.3 Å². The molecule has 5 heterocycles. The number of nitrogens with zero attached hydrogens (tertiary/aromatic N) is 6. The number of urea groups is 1. The van der Waals surface area contributed by atoms with E-state index in [1.54, 1.807) is 28.6 Å². The molecule has 3 atom stereocenters. The largest absolute Gasteiger partial charge is 0.394 e. The highest BCUT2D eigenvalue weighted by atomic mass is 16.3. The number of benzene rings is 1. The van der Waals surface area contributed by atoms with Crippen LogP contribution in [0.4, 0.5) is 16.4 Å². The van der Waals surface area contributed by atoms with Gasteiger partial charge in [-0.15, -0.1) is 0 Å². The molecule has 7 rings (SSSR count). The number of aliphatic hydroxyl groups is 2. The summed E-state index contributed by atoms with van der Waals surface area (Å²) in [6.07, 6.45) is 13.9. The summed E-state index contributed by atoms with van der Waals surface area (Å²) in [5.41, 5.74) is 6.23. The summed E-state index contributed by atoms with van der Waals surface area (Å²) in [5.74, 6) is 0.566. The summed E-state index contributed by atoms with van der Waals surface area (Å²) < 4.78 is 1.74. The van der Waals surface area contributed by atoms with Crippen LogP contribution in [0.1, 0.15) is 92.3 Å². The molecule has 1 unspecified atom stereocenters. The zero-order chi connectivity index (χ0) is 41.6. The van der Waals surface area contributed by atoms with E-state index in [2.05, 4.69) is 51.2 Å². The van der Waals surface area contributed by atoms with Crippen molar-refractivity contribution in [3.05, 3.63) is 88.4 Å². The molecule has 0 spiro atoms. The predicted octanol–water partition coefficient (Wildman–Crippen LogP) is 3.65. The van der Waals surface area contributed by atoms with Gasteiger partial charge in [-0.05, 0) is 80.3 Å². The van der Waals surface area contributed by atoms with E-state index >= 15 is 0 Å². The fourth-order valence-corrected chi connectivity index (χ4v) is 8.09. The Kier molecular flexibility index (Phi) is 13.1. The zero-order valence-corrected chi connectivity index (χ0v) is 34.1. The first kappa shape index (κ1) is 41.6. The van der Waals surface area contributed by atoms with Crippen LogP contribution in [0, 0.1) is 0 Å². The van der Waals surface area contributed by atoms with E-state index in [9.17, 15) is 29.4 Å². The van der Waals surface area contributed by atoms with Gasteiger partial charge in [-0.2, -0.15) is 9.61 Å². The molecule has 59 heavy (non-hydrogen) atoms. The van der Waals surface area contributed by atoms with Gasteiger partial charge in [-0.25, -0.2) is 9.78 Å². The lowest BCUT2D eigenvalue weighted by molar-refractivity contribution is -0.136. The van der Waals surface area contributed by atoms with Crippen molar-refractivity contribution in [1.29, 1.82) is 0 Å². The summed E-state index contributed by atoms with van der Waals surface area (Å²) in [7, 11) is 0. The Labute approximate surface area is 344 Å². The third kappa shape index (κ3) is 9.67. The molecule has 16 heteroatoms. The van der Waals surface area contributed by atoms with E-state index in [1.165, 1.54) is 0 Å². The Morgan fingerprint density at radius 2 is 1.88 bits per heavy atom. The number of carbonyl (C=O) groups excluding carboxylic acids is 4. The van der Waals surface area contributed by atoms with Gasteiger partial charge in [0, 0.05) is 68.2 Å². The molecule has 1 aromatic carbocycles. The smallest absolute Gasteiger partial charge is 0.321 e. The van der Waals surface area contributed by atoms with Crippen LogP contribution in [0.25, 0.3) is 5.65 Å². The fraction of sp³-hybridized carbons (Fsp3) is 0.488. The summed E-state index contributed by atoms with van der Waals surface area (Å²) in [4.78, 5) is 61.0. The maximum absolute atomic E-state index is 13.2. The quantitative estimate of drug-likeness (QED) is 0.0969. The number of piperazine rings is 1. The van der Waals surface area contributed by atoms with E-state index < -0.39 is 18.2 Å². The number of fused-ring (bicyclic) bond motifs is 2. The molecule has 1 aliphatic carbocycles. The third-order valence-corrected chi connectivity index (χ3v) is 11.7. The van der Waals surface area contributed by atoms with Gasteiger partial charge in [-0.3, -0.25) is 24.6 Å². The lowest BCUT2D eigenvalue weighted by Gasteiger charge is -2.34. The lowest BCUT2D eigenvalue weighted by Crippen LogP contribution is -2.52. The highest BCUT2D eigenvalue weighted by Crippen LogP contribution is 2.31. The molecule has 6 N–H and O–H groups in total. The molecule has 2 fully saturated rings. The van der Waals surface area contributed by atoms with Crippen LogP contribution in [0.5, 0.6) is 0 Å². The number of carbonyl (C=O) groups is 4. The summed E-state index contributed by atoms with van der Waals surface area (Å²) in [6, 6.07) is 6.34. The van der Waals surface area contributed by atoms with E-state index in [4.69, 9.17) is 4.98 Å². The van der Waals surface area contributed by atoms with Crippen molar-refractivity contribution in [3.8, 4) is 0 Å². The first-order valence-electron chi connectivity index (χ1n) is 20.8. The van der Waals surface area contributed by atoms with Gasteiger partial charge in [0.05, 0.1) is 24.9 Å². The third-order valence-electron chi connectivity index (χ3n) is 11.7. The monoisotopic (exact) mass is 808 g/mol. The number of unbranched alkanes of at least 4 members (excludes halogenated alkanes) is 2. The second-order valence-electron chi connectivity index (χ2n) is 16.2. The molecule has 2 saturated heterocycles. The molecular weight excluding hydrogens is 753 g/mol. The SMILES string of the molecule is CC(C)c1cnn2c(NC=C3C=CC(NC(=O)N4CCN(CCCCCc5cccc6c5CN(C5CCC(=O)NC5=O)C6=O)CC4)=CC3)cc(N[C@@H](CO)[C@@H](C)O)nc12. The molecule has 314 valence electrons. The van der Waals surface area contributed by atoms with Crippen molar-refractivity contribution in [2.75, 3.05) is 50.0 Å². The Balaban J connectivity index is 0.831. The molecule has 3 aliphatic heterocycles. The number of hydrogen-bond donors (Lipinski definition) is 6. The normalized spacial score (nSPS) is 20.2. The molecule has 2 aromatic heterocycles. The summed E-state index contributed by atoms with van der Waals surface area (Å²) in [5, 5.41) is 36.3. The lowest BCUT2D eigenvalue weighted by atomic mass is 9.98. The van der Waals surface area contributed by atoms with Crippen molar-refractivity contribution < 1.29 is 29.4 Å². The Morgan fingerprint density at radius 1 is 1.07 bits per heavy atom. The van der Waals surface area contributed by atoms with Crippen LogP contribution in [0.2, 0.25) is 0 Å². The van der Waals surface area contributed by atoms with Gasteiger partial charge >= 0.3 is 6.03 Å². The van der Waals surface area contributed by atoms with Crippen LogP contribution >= 0.6 is 0 Å². The van der Waals surface area contributed by atoms with Crippen molar-refractivity contribution >= 4 is 41.0 Å². The second-order valence-corrected chi connectivity index (χ2v) is 16.2. The highest BCUT2D eigenvalue weighted by Gasteiger charge is 2.39. The van der Waals surface area contributed by atoms with Gasteiger partial charge in [-0.1, -0.05) is 44.6 Å². The molecule has 4 aliphatic rings. The number of imide groups is 1. The Morgan fingerprint density at radius 3 is 2.59 bits per heavy atom. The number of allylic oxidation sites excluding steroid dienone is 4. The number of aliphatic hydroxyl groups excluding tert-OH is 2. The summed E-state index contributed by atoms with van der Waals surface area (Å²) >= 11 is 0. The van der Waals surface area contributed by atoms with Crippen LogP contribution in [0.15, 0.2) is 66.2 Å². The van der Waals surface area contributed by atoms with Crippen molar-refractivity contribution in [3.63, 3.8) is 0 Å². The van der Waals surface area contributed by atoms with Gasteiger partial charge < -0.3 is 36.0 Å². The van der Waals surface area contributed by atoms with Gasteiger partial charge in [0.15, 0.2) is 5.65 Å². The first-order chi connectivity index (χ1) is 28.5. The number of aryl methyl sites for hydroxylation is 1. The molecule has 0 saturated carbocycles. The molecule has 3 aromatic rings. The van der Waals surface area contributed by atoms with Crippen LogP contribution in [-0.2, 0) is 22.6 Å². The fourth-order valence-electron chi connectivity index (χ4n) is 8.09. The Bertz CT molecular complexity index is 2150. The molecule has 16 nitrogen and oxygen atoms in total. The first-order valence-corrected chi connectivity index (χ1v) is 20.8. The molecular formula is C43H56N10O6. The summed E-state index contributed by atoms with van der Waals surface area (Å²) in [6.45, 7) is 9.85. The molecule has 0 radical (unpaired) electrons. The van der Waals surface area contributed by atoms with E-state index in [0.29, 0.717) is 55.3 Å². The minimum Gasteiger partial charge on any atom is -0.394 e. The standard InChI is InChI=1S/C43H56N10O6/c1-27(2)33-24-45-53-38(22-37(48-40(33)53)47-35(26-54)28(3)55)44-23-29-11-13-31(14-12-29)46-43(59)51-20-18-50(19-21-51)17-6-4-5-8-30-9-7-10-32-34(30)25-52(42(32)58)36-15-16-39(56)49-41(36)57/h7,9-11,13-14,22-24,27-28,35-36,44,54-55H,4-6,8,12,15-21,25-26H2,1-3H3,(H,46,59)(H,47,48)(H,49,56,57)/t28-,35+,36?/m1/s1. The average Bonchev–Trinajstić information content (AvgIpc) is 3.81. The average molecular weight is 809 g/mol. The number of rotatable bonds is 15. The van der Waals surface area contributed by atoms with E-state index in [1.807, 2.05) is 41.5 Å². The topological polar surface area (TPSA) is 197 Å². The van der Waals surface area contributed by atoms with E-state index in [-0.39, 0.29) is 42.7 Å².